The average Bonchev–Trinajstić information content (AvgIpc) is 2.84. The van der Waals surface area contributed by atoms with E-state index in [1.54, 1.807) is 0 Å². The first-order valence-electron chi connectivity index (χ1n) is 8.99. The van der Waals surface area contributed by atoms with Gasteiger partial charge in [0.25, 0.3) is 0 Å². The Hall–Kier alpha value is -1.22. The normalized spacial score (nSPS) is 19.5. The second kappa shape index (κ2) is 7.35. The topological polar surface area (TPSA) is 34.1 Å². The number of allylic oxidation sites excluding steroid dienone is 2. The highest BCUT2D eigenvalue weighted by Crippen LogP contribution is 2.37. The molecule has 0 bridgehead atoms. The lowest BCUT2D eigenvalue weighted by Crippen LogP contribution is -2.14. The summed E-state index contributed by atoms with van der Waals surface area (Å²) in [4.78, 5) is 13.8. The molecule has 0 amide bonds. The molecule has 24 heavy (non-hydrogen) atoms. The van der Waals surface area contributed by atoms with Gasteiger partial charge in [0.2, 0.25) is 0 Å². The third-order valence-electron chi connectivity index (χ3n) is 4.81. The number of hydrogen-bond donors (Lipinski definition) is 0. The van der Waals surface area contributed by atoms with Gasteiger partial charge in [-0.2, -0.15) is 0 Å². The minimum Gasteiger partial charge on any atom is -0.293 e. The van der Waals surface area contributed by atoms with Crippen LogP contribution in [0.2, 0.25) is 0 Å². The molecule has 0 fully saturated rings. The zero-order chi connectivity index (χ0) is 18.2. The van der Waals surface area contributed by atoms with Crippen molar-refractivity contribution in [1.29, 1.82) is 0 Å². The summed E-state index contributed by atoms with van der Waals surface area (Å²) in [6.07, 6.45) is 2.59. The van der Waals surface area contributed by atoms with E-state index in [2.05, 4.69) is 53.7 Å². The Kier molecular flexibility index (Phi) is 5.85. The third kappa shape index (κ3) is 3.56. The number of ketones is 1. The number of hydrogen-bond acceptors (Lipinski definition) is 2. The van der Waals surface area contributed by atoms with Gasteiger partial charge in [0.1, 0.15) is 0 Å². The van der Waals surface area contributed by atoms with E-state index in [1.165, 1.54) is 5.56 Å². The lowest BCUT2D eigenvalue weighted by Gasteiger charge is -2.22. The van der Waals surface area contributed by atoms with Crippen molar-refractivity contribution in [2.45, 2.75) is 77.5 Å². The molecule has 2 rings (SSSR count). The number of benzene rings is 1. The molecule has 1 aromatic rings. The van der Waals surface area contributed by atoms with Crippen molar-refractivity contribution < 1.29 is 9.00 Å². The molecule has 0 radical (unpaired) electrons. The van der Waals surface area contributed by atoms with Crippen molar-refractivity contribution in [1.82, 2.24) is 0 Å². The molecule has 2 nitrogen and oxygen atoms in total. The van der Waals surface area contributed by atoms with E-state index in [0.717, 1.165) is 16.0 Å². The summed E-state index contributed by atoms with van der Waals surface area (Å²) in [5, 5.41) is 0. The molecule has 0 spiro atoms. The fraction of sp³-hybridized carbons (Fsp3) is 0.571. The highest BCUT2D eigenvalue weighted by Gasteiger charge is 2.31. The maximum atomic E-state index is 13.4. The Bertz CT molecular complexity index is 667. The molecular weight excluding hydrogens is 316 g/mol. The van der Waals surface area contributed by atoms with Crippen molar-refractivity contribution in [3.05, 3.63) is 39.8 Å². The monoisotopic (exact) mass is 346 g/mol. The molecule has 0 unspecified atom stereocenters. The SMILES string of the molecule is CC(C)c1cc(C(C)C)c([S@](=O)C2=CC[C@@H](C)C2=O)c(C(C)C)c1. The van der Waals surface area contributed by atoms with Crippen LogP contribution < -0.4 is 0 Å². The number of Topliss-reactive ketones (excluding diaryl/α,β-unsaturated/α-hetero) is 1. The lowest BCUT2D eigenvalue weighted by atomic mass is 9.89. The molecule has 0 saturated heterocycles. The Morgan fingerprint density at radius 1 is 0.958 bits per heavy atom. The fourth-order valence-corrected chi connectivity index (χ4v) is 4.98. The van der Waals surface area contributed by atoms with Crippen molar-refractivity contribution >= 4 is 16.6 Å². The predicted molar refractivity (Wildman–Crippen MR) is 102 cm³/mol. The predicted octanol–water partition coefficient (Wildman–Crippen LogP) is 5.66. The molecule has 0 aromatic heterocycles. The second-order valence-electron chi connectivity index (χ2n) is 7.83. The van der Waals surface area contributed by atoms with Gasteiger partial charge >= 0.3 is 0 Å². The van der Waals surface area contributed by atoms with Gasteiger partial charge in [-0.1, -0.05) is 66.7 Å². The first-order chi connectivity index (χ1) is 11.1. The molecule has 0 heterocycles. The quantitative estimate of drug-likeness (QED) is 0.689. The van der Waals surface area contributed by atoms with Gasteiger partial charge in [-0.25, -0.2) is 4.21 Å². The molecule has 0 aliphatic heterocycles. The van der Waals surface area contributed by atoms with Crippen LogP contribution >= 0.6 is 0 Å². The van der Waals surface area contributed by atoms with E-state index in [-0.39, 0.29) is 23.5 Å². The van der Waals surface area contributed by atoms with E-state index >= 15 is 0 Å². The number of carbonyl (C=O) groups is 1. The molecule has 1 aliphatic rings. The minimum absolute atomic E-state index is 0.0381. The number of rotatable bonds is 5. The van der Waals surface area contributed by atoms with E-state index in [1.807, 2.05) is 13.0 Å². The van der Waals surface area contributed by atoms with Crippen LogP contribution in [0.25, 0.3) is 0 Å². The van der Waals surface area contributed by atoms with Crippen molar-refractivity contribution in [3.8, 4) is 0 Å². The molecule has 1 aliphatic carbocycles. The molecule has 132 valence electrons. The second-order valence-corrected chi connectivity index (χ2v) is 9.22. The molecule has 0 N–H and O–H groups in total. The van der Waals surface area contributed by atoms with Crippen molar-refractivity contribution in [2.24, 2.45) is 5.92 Å². The summed E-state index contributed by atoms with van der Waals surface area (Å²) in [6, 6.07) is 4.38. The summed E-state index contributed by atoms with van der Waals surface area (Å²) >= 11 is 0. The van der Waals surface area contributed by atoms with E-state index in [9.17, 15) is 9.00 Å². The Morgan fingerprint density at radius 2 is 1.46 bits per heavy atom. The molecule has 3 heteroatoms. The Morgan fingerprint density at radius 3 is 1.79 bits per heavy atom. The van der Waals surface area contributed by atoms with Crippen molar-refractivity contribution in [2.75, 3.05) is 0 Å². The average molecular weight is 347 g/mol. The van der Waals surface area contributed by atoms with E-state index in [4.69, 9.17) is 0 Å². The van der Waals surface area contributed by atoms with Crippen LogP contribution in [0.4, 0.5) is 0 Å². The molecule has 2 atom stereocenters. The summed E-state index contributed by atoms with van der Waals surface area (Å²) in [7, 11) is -1.38. The number of carbonyl (C=O) groups excluding carboxylic acids is 1. The van der Waals surface area contributed by atoms with E-state index in [0.29, 0.717) is 17.2 Å². The largest absolute Gasteiger partial charge is 0.293 e. The van der Waals surface area contributed by atoms with Crippen LogP contribution in [-0.2, 0) is 15.6 Å². The van der Waals surface area contributed by atoms with Gasteiger partial charge in [-0.15, -0.1) is 0 Å². The van der Waals surface area contributed by atoms with Crippen molar-refractivity contribution in [3.63, 3.8) is 0 Å². The summed E-state index contributed by atoms with van der Waals surface area (Å²) in [6.45, 7) is 14.8. The third-order valence-corrected chi connectivity index (χ3v) is 6.42. The van der Waals surface area contributed by atoms with Gasteiger partial charge in [0, 0.05) is 5.92 Å². The maximum absolute atomic E-state index is 13.4. The lowest BCUT2D eigenvalue weighted by molar-refractivity contribution is -0.117. The molecule has 0 saturated carbocycles. The Balaban J connectivity index is 2.67. The van der Waals surface area contributed by atoms with Gasteiger partial charge in [0.15, 0.2) is 5.78 Å². The van der Waals surface area contributed by atoms with Crippen LogP contribution in [0.15, 0.2) is 28.0 Å². The first-order valence-corrected chi connectivity index (χ1v) is 10.1. The Labute approximate surface area is 149 Å². The maximum Gasteiger partial charge on any atom is 0.174 e. The van der Waals surface area contributed by atoms with Crippen LogP contribution in [0.3, 0.4) is 0 Å². The van der Waals surface area contributed by atoms with Crippen LogP contribution in [-0.4, -0.2) is 9.99 Å². The van der Waals surface area contributed by atoms with Crippen LogP contribution in [0.1, 0.15) is 89.3 Å². The van der Waals surface area contributed by atoms with Gasteiger partial charge in [0.05, 0.1) is 20.6 Å². The van der Waals surface area contributed by atoms with Gasteiger partial charge in [-0.05, 0) is 40.9 Å². The molecular formula is C21H30O2S. The summed E-state index contributed by atoms with van der Waals surface area (Å²) in [5.41, 5.74) is 3.52. The zero-order valence-corrected chi connectivity index (χ0v) is 16.8. The smallest absolute Gasteiger partial charge is 0.174 e. The fourth-order valence-electron chi connectivity index (χ4n) is 3.11. The van der Waals surface area contributed by atoms with Crippen LogP contribution in [0, 0.1) is 5.92 Å². The van der Waals surface area contributed by atoms with Gasteiger partial charge < -0.3 is 0 Å². The standard InChI is InChI=1S/C21H30O2S/c1-12(2)16-10-17(13(3)4)21(18(11-16)14(5)6)24(23)19-9-8-15(7)20(19)22/h9-15H,8H2,1-7H3/t15-,24-/m1/s1. The highest BCUT2D eigenvalue weighted by molar-refractivity contribution is 7.90. The summed E-state index contributed by atoms with van der Waals surface area (Å²) < 4.78 is 13.4. The summed E-state index contributed by atoms with van der Waals surface area (Å²) in [5.74, 6) is 0.980. The first kappa shape index (κ1) is 19.1. The van der Waals surface area contributed by atoms with E-state index < -0.39 is 10.8 Å². The van der Waals surface area contributed by atoms with Gasteiger partial charge in [-0.3, -0.25) is 4.79 Å². The van der Waals surface area contributed by atoms with Crippen LogP contribution in [0.5, 0.6) is 0 Å². The minimum atomic E-state index is -1.38. The highest BCUT2D eigenvalue weighted by atomic mass is 32.2. The molecule has 1 aromatic carbocycles. The zero-order valence-electron chi connectivity index (χ0n) is 16.0.